The van der Waals surface area contributed by atoms with Crippen LogP contribution in [0.3, 0.4) is 0 Å². The number of thiophene rings is 1. The summed E-state index contributed by atoms with van der Waals surface area (Å²) in [5.41, 5.74) is 0. The van der Waals surface area contributed by atoms with E-state index in [0.29, 0.717) is 6.04 Å². The standard InChI is InChI=1S/C16H28N2OS/c1-3-15-14-17(8-7-16-6-5-13-20-16)9-10-18(15)11-12-19-4-2/h5-6,13,15H,3-4,7-12,14H2,1-2H3. The van der Waals surface area contributed by atoms with Crippen LogP contribution >= 0.6 is 11.3 Å². The van der Waals surface area contributed by atoms with Crippen molar-refractivity contribution in [1.82, 2.24) is 9.80 Å². The van der Waals surface area contributed by atoms with E-state index in [2.05, 4.69) is 41.2 Å². The van der Waals surface area contributed by atoms with Gasteiger partial charge in [-0.25, -0.2) is 0 Å². The van der Waals surface area contributed by atoms with E-state index >= 15 is 0 Å². The minimum absolute atomic E-state index is 0.701. The van der Waals surface area contributed by atoms with Crippen LogP contribution in [0.15, 0.2) is 17.5 Å². The molecule has 0 amide bonds. The first-order chi connectivity index (χ1) is 9.83. The maximum atomic E-state index is 5.50. The van der Waals surface area contributed by atoms with Gasteiger partial charge in [-0.2, -0.15) is 0 Å². The number of hydrogen-bond acceptors (Lipinski definition) is 4. The van der Waals surface area contributed by atoms with Gasteiger partial charge in [0, 0.05) is 50.2 Å². The molecule has 2 rings (SSSR count). The summed E-state index contributed by atoms with van der Waals surface area (Å²) in [4.78, 5) is 6.75. The summed E-state index contributed by atoms with van der Waals surface area (Å²) in [6, 6.07) is 5.11. The van der Waals surface area contributed by atoms with Gasteiger partial charge in [-0.3, -0.25) is 4.90 Å². The summed E-state index contributed by atoms with van der Waals surface area (Å²) in [6.45, 7) is 12.0. The molecule has 0 spiro atoms. The van der Waals surface area contributed by atoms with Crippen LogP contribution < -0.4 is 0 Å². The molecule has 0 aliphatic carbocycles. The Morgan fingerprint density at radius 1 is 1.30 bits per heavy atom. The van der Waals surface area contributed by atoms with Gasteiger partial charge in [-0.05, 0) is 31.2 Å². The molecule has 1 saturated heterocycles. The van der Waals surface area contributed by atoms with Gasteiger partial charge in [-0.15, -0.1) is 11.3 Å². The molecule has 0 radical (unpaired) electrons. The number of ether oxygens (including phenoxy) is 1. The molecule has 0 bridgehead atoms. The van der Waals surface area contributed by atoms with Crippen LogP contribution in [0.4, 0.5) is 0 Å². The van der Waals surface area contributed by atoms with E-state index in [0.717, 1.165) is 19.8 Å². The molecule has 1 fully saturated rings. The van der Waals surface area contributed by atoms with E-state index in [-0.39, 0.29) is 0 Å². The van der Waals surface area contributed by atoms with Gasteiger partial charge in [0.1, 0.15) is 0 Å². The van der Waals surface area contributed by atoms with Crippen LogP contribution in [0.1, 0.15) is 25.1 Å². The van der Waals surface area contributed by atoms with Gasteiger partial charge < -0.3 is 9.64 Å². The Morgan fingerprint density at radius 2 is 2.20 bits per heavy atom. The fraction of sp³-hybridized carbons (Fsp3) is 0.750. The second-order valence-corrected chi connectivity index (χ2v) is 6.46. The molecule has 1 aromatic rings. The molecule has 1 unspecified atom stereocenters. The highest BCUT2D eigenvalue weighted by Crippen LogP contribution is 2.15. The van der Waals surface area contributed by atoms with Crippen molar-refractivity contribution in [1.29, 1.82) is 0 Å². The molecule has 1 aromatic heterocycles. The lowest BCUT2D eigenvalue weighted by Crippen LogP contribution is -2.53. The monoisotopic (exact) mass is 296 g/mol. The minimum Gasteiger partial charge on any atom is -0.380 e. The van der Waals surface area contributed by atoms with Crippen molar-refractivity contribution < 1.29 is 4.74 Å². The Bertz CT molecular complexity index is 355. The average molecular weight is 296 g/mol. The summed E-state index contributed by atoms with van der Waals surface area (Å²) >= 11 is 1.88. The van der Waals surface area contributed by atoms with Crippen LogP contribution in [0.25, 0.3) is 0 Å². The van der Waals surface area contributed by atoms with Crippen LogP contribution in [0, 0.1) is 0 Å². The number of hydrogen-bond donors (Lipinski definition) is 0. The Morgan fingerprint density at radius 3 is 2.90 bits per heavy atom. The van der Waals surface area contributed by atoms with E-state index in [4.69, 9.17) is 4.74 Å². The molecule has 1 atom stereocenters. The fourth-order valence-electron chi connectivity index (χ4n) is 2.89. The third kappa shape index (κ3) is 4.85. The molecule has 0 aromatic carbocycles. The van der Waals surface area contributed by atoms with Gasteiger partial charge in [-0.1, -0.05) is 13.0 Å². The third-order valence-corrected chi connectivity index (χ3v) is 5.08. The smallest absolute Gasteiger partial charge is 0.0593 e. The molecule has 114 valence electrons. The summed E-state index contributed by atoms with van der Waals surface area (Å²) in [5.74, 6) is 0. The van der Waals surface area contributed by atoms with Gasteiger partial charge in [0.25, 0.3) is 0 Å². The van der Waals surface area contributed by atoms with Crippen LogP contribution in [-0.4, -0.2) is 61.8 Å². The quantitative estimate of drug-likeness (QED) is 0.686. The zero-order valence-electron chi connectivity index (χ0n) is 12.9. The van der Waals surface area contributed by atoms with Crippen LogP contribution in [0.2, 0.25) is 0 Å². The topological polar surface area (TPSA) is 15.7 Å². The molecule has 0 saturated carbocycles. The van der Waals surface area contributed by atoms with Gasteiger partial charge in [0.05, 0.1) is 6.61 Å². The molecule has 1 aliphatic heterocycles. The number of nitrogens with zero attached hydrogens (tertiary/aromatic N) is 2. The van der Waals surface area contributed by atoms with Gasteiger partial charge in [0.15, 0.2) is 0 Å². The van der Waals surface area contributed by atoms with E-state index in [1.54, 1.807) is 0 Å². The summed E-state index contributed by atoms with van der Waals surface area (Å²) < 4.78 is 5.50. The fourth-order valence-corrected chi connectivity index (χ4v) is 3.59. The van der Waals surface area contributed by atoms with E-state index < -0.39 is 0 Å². The lowest BCUT2D eigenvalue weighted by atomic mass is 10.1. The van der Waals surface area contributed by atoms with Crippen molar-refractivity contribution in [2.45, 2.75) is 32.7 Å². The molecule has 3 nitrogen and oxygen atoms in total. The van der Waals surface area contributed by atoms with Gasteiger partial charge >= 0.3 is 0 Å². The predicted octanol–water partition coefficient (Wildman–Crippen LogP) is 2.72. The first-order valence-electron chi connectivity index (χ1n) is 7.90. The predicted molar refractivity (Wildman–Crippen MR) is 86.6 cm³/mol. The van der Waals surface area contributed by atoms with Crippen molar-refractivity contribution in [3.05, 3.63) is 22.4 Å². The molecular weight excluding hydrogens is 268 g/mol. The van der Waals surface area contributed by atoms with Crippen molar-refractivity contribution in [3.8, 4) is 0 Å². The zero-order valence-corrected chi connectivity index (χ0v) is 13.7. The SMILES string of the molecule is CCOCCN1CCN(CCc2cccs2)CC1CC. The average Bonchev–Trinajstić information content (AvgIpc) is 2.99. The second-order valence-electron chi connectivity index (χ2n) is 5.42. The molecular formula is C16H28N2OS. The molecule has 20 heavy (non-hydrogen) atoms. The highest BCUT2D eigenvalue weighted by molar-refractivity contribution is 7.09. The van der Waals surface area contributed by atoms with E-state index in [1.165, 1.54) is 43.9 Å². The van der Waals surface area contributed by atoms with Crippen molar-refractivity contribution in [2.24, 2.45) is 0 Å². The highest BCUT2D eigenvalue weighted by Gasteiger charge is 2.24. The first kappa shape index (κ1) is 16.0. The van der Waals surface area contributed by atoms with Crippen molar-refractivity contribution >= 4 is 11.3 Å². The second kappa shape index (κ2) is 8.78. The largest absolute Gasteiger partial charge is 0.380 e. The maximum Gasteiger partial charge on any atom is 0.0593 e. The molecule has 1 aliphatic rings. The highest BCUT2D eigenvalue weighted by atomic mass is 32.1. The summed E-state index contributed by atoms with van der Waals surface area (Å²) in [6.07, 6.45) is 2.44. The first-order valence-corrected chi connectivity index (χ1v) is 8.78. The Kier molecular flexibility index (Phi) is 7.00. The van der Waals surface area contributed by atoms with Gasteiger partial charge in [0.2, 0.25) is 0 Å². The normalized spacial score (nSPS) is 21.4. The summed E-state index contributed by atoms with van der Waals surface area (Å²) in [5, 5.41) is 2.18. The Hall–Kier alpha value is -0.420. The summed E-state index contributed by atoms with van der Waals surface area (Å²) in [7, 11) is 0. The van der Waals surface area contributed by atoms with E-state index in [1.807, 2.05) is 11.3 Å². The van der Waals surface area contributed by atoms with Crippen LogP contribution in [0.5, 0.6) is 0 Å². The Balaban J connectivity index is 1.73. The lowest BCUT2D eigenvalue weighted by Gasteiger charge is -2.41. The number of piperazine rings is 1. The van der Waals surface area contributed by atoms with Crippen LogP contribution in [-0.2, 0) is 11.2 Å². The van der Waals surface area contributed by atoms with Crippen molar-refractivity contribution in [3.63, 3.8) is 0 Å². The number of rotatable bonds is 8. The van der Waals surface area contributed by atoms with Crippen molar-refractivity contribution in [2.75, 3.05) is 45.9 Å². The molecule has 2 heterocycles. The molecule has 0 N–H and O–H groups in total. The minimum atomic E-state index is 0.701. The molecule has 4 heteroatoms. The maximum absolute atomic E-state index is 5.50. The third-order valence-electron chi connectivity index (χ3n) is 4.14. The van der Waals surface area contributed by atoms with E-state index in [9.17, 15) is 0 Å². The lowest BCUT2D eigenvalue weighted by molar-refractivity contribution is 0.0418. The zero-order chi connectivity index (χ0) is 14.2. The Labute approximate surface area is 127 Å².